The number of rotatable bonds is 4. The lowest BCUT2D eigenvalue weighted by Crippen LogP contribution is -2.05. The Balaban J connectivity index is 1.26. The summed E-state index contributed by atoms with van der Waals surface area (Å²) in [7, 11) is 0. The van der Waals surface area contributed by atoms with E-state index < -0.39 is 0 Å². The SMILES string of the molecule is CC(=Nc1cccc2cc3ccccc3cc12)c1cccc(C(C)=Nc2cccc3cc4ccccc4cc23)n1. The van der Waals surface area contributed by atoms with Gasteiger partial charge in [0.1, 0.15) is 0 Å². The number of pyridine rings is 1. The third kappa shape index (κ3) is 4.42. The molecule has 190 valence electrons. The van der Waals surface area contributed by atoms with Gasteiger partial charge in [-0.25, -0.2) is 4.98 Å². The average molecular weight is 514 g/mol. The molecule has 0 aliphatic rings. The molecule has 3 nitrogen and oxygen atoms in total. The predicted octanol–water partition coefficient (Wildman–Crippen LogP) is 9.98. The molecule has 0 atom stereocenters. The maximum atomic E-state index is 5.03. The summed E-state index contributed by atoms with van der Waals surface area (Å²) in [6, 6.07) is 44.4. The molecule has 0 saturated heterocycles. The molecule has 40 heavy (non-hydrogen) atoms. The first-order chi connectivity index (χ1) is 19.6. The molecular formula is C37H27N3. The Bertz CT molecular complexity index is 1990. The van der Waals surface area contributed by atoms with Gasteiger partial charge in [0, 0.05) is 10.8 Å². The van der Waals surface area contributed by atoms with E-state index in [0.717, 1.165) is 45.0 Å². The Hall–Kier alpha value is -5.15. The molecule has 0 unspecified atom stereocenters. The third-order valence-electron chi connectivity index (χ3n) is 7.51. The minimum absolute atomic E-state index is 0.841. The topological polar surface area (TPSA) is 37.6 Å². The number of aromatic nitrogens is 1. The van der Waals surface area contributed by atoms with Gasteiger partial charge in [-0.2, -0.15) is 0 Å². The quantitative estimate of drug-likeness (QED) is 0.170. The molecule has 0 fully saturated rings. The van der Waals surface area contributed by atoms with Crippen LogP contribution < -0.4 is 0 Å². The van der Waals surface area contributed by atoms with Crippen molar-refractivity contribution in [1.82, 2.24) is 4.98 Å². The average Bonchev–Trinajstić information content (AvgIpc) is 2.99. The number of benzene rings is 6. The number of hydrogen-bond acceptors (Lipinski definition) is 3. The van der Waals surface area contributed by atoms with Gasteiger partial charge in [-0.05, 0) is 94.7 Å². The van der Waals surface area contributed by atoms with Gasteiger partial charge in [-0.1, -0.05) is 78.9 Å². The Morgan fingerprint density at radius 1 is 0.425 bits per heavy atom. The lowest BCUT2D eigenvalue weighted by molar-refractivity contribution is 1.24. The van der Waals surface area contributed by atoms with E-state index in [9.17, 15) is 0 Å². The van der Waals surface area contributed by atoms with Crippen LogP contribution in [-0.4, -0.2) is 16.4 Å². The molecule has 1 aromatic heterocycles. The van der Waals surface area contributed by atoms with E-state index in [1.807, 2.05) is 32.0 Å². The highest BCUT2D eigenvalue weighted by atomic mass is 14.8. The Labute approximate surface area is 233 Å². The van der Waals surface area contributed by atoms with Crippen LogP contribution in [0.15, 0.2) is 137 Å². The van der Waals surface area contributed by atoms with Crippen LogP contribution in [0.2, 0.25) is 0 Å². The highest BCUT2D eigenvalue weighted by Crippen LogP contribution is 2.32. The fraction of sp³-hybridized carbons (Fsp3) is 0.0541. The second-order valence-corrected chi connectivity index (χ2v) is 10.2. The van der Waals surface area contributed by atoms with Crippen LogP contribution in [0.1, 0.15) is 25.2 Å². The predicted molar refractivity (Wildman–Crippen MR) is 171 cm³/mol. The highest BCUT2D eigenvalue weighted by Gasteiger charge is 2.09. The van der Waals surface area contributed by atoms with E-state index in [1.165, 1.54) is 32.3 Å². The summed E-state index contributed by atoms with van der Waals surface area (Å²) in [6.07, 6.45) is 0. The largest absolute Gasteiger partial charge is 0.251 e. The van der Waals surface area contributed by atoms with Gasteiger partial charge >= 0.3 is 0 Å². The summed E-state index contributed by atoms with van der Waals surface area (Å²) in [5.41, 5.74) is 5.31. The van der Waals surface area contributed by atoms with Gasteiger partial charge in [0.2, 0.25) is 0 Å². The fourth-order valence-corrected chi connectivity index (χ4v) is 5.41. The maximum Gasteiger partial charge on any atom is 0.0849 e. The molecule has 0 aliphatic heterocycles. The first-order valence-corrected chi connectivity index (χ1v) is 13.5. The summed E-state index contributed by atoms with van der Waals surface area (Å²) in [4.78, 5) is 15.0. The lowest BCUT2D eigenvalue weighted by Gasteiger charge is -2.09. The number of nitrogens with zero attached hydrogens (tertiary/aromatic N) is 3. The lowest BCUT2D eigenvalue weighted by atomic mass is 10.0. The van der Waals surface area contributed by atoms with Crippen molar-refractivity contribution in [2.24, 2.45) is 9.98 Å². The van der Waals surface area contributed by atoms with Crippen molar-refractivity contribution < 1.29 is 0 Å². The summed E-state index contributed by atoms with van der Waals surface area (Å²) in [6.45, 7) is 4.04. The van der Waals surface area contributed by atoms with E-state index >= 15 is 0 Å². The van der Waals surface area contributed by atoms with E-state index in [0.29, 0.717) is 0 Å². The van der Waals surface area contributed by atoms with Crippen LogP contribution in [0.25, 0.3) is 43.1 Å². The van der Waals surface area contributed by atoms with Gasteiger partial charge in [-0.15, -0.1) is 0 Å². The van der Waals surface area contributed by atoms with Crippen molar-refractivity contribution in [1.29, 1.82) is 0 Å². The number of hydrogen-bond donors (Lipinski definition) is 0. The molecule has 0 amide bonds. The third-order valence-corrected chi connectivity index (χ3v) is 7.51. The zero-order valence-electron chi connectivity index (χ0n) is 22.5. The van der Waals surface area contributed by atoms with E-state index in [4.69, 9.17) is 15.0 Å². The zero-order valence-corrected chi connectivity index (χ0v) is 22.5. The van der Waals surface area contributed by atoms with Crippen LogP contribution in [0, 0.1) is 0 Å². The molecule has 0 N–H and O–H groups in total. The van der Waals surface area contributed by atoms with Crippen LogP contribution >= 0.6 is 0 Å². The van der Waals surface area contributed by atoms with Crippen molar-refractivity contribution in [2.45, 2.75) is 13.8 Å². The second kappa shape index (κ2) is 9.87. The molecule has 0 spiro atoms. The molecule has 0 radical (unpaired) electrons. The van der Waals surface area contributed by atoms with Gasteiger partial charge in [-0.3, -0.25) is 9.98 Å². The van der Waals surface area contributed by atoms with Crippen molar-refractivity contribution in [2.75, 3.05) is 0 Å². The van der Waals surface area contributed by atoms with Crippen molar-refractivity contribution in [3.8, 4) is 0 Å². The Morgan fingerprint density at radius 3 is 1.25 bits per heavy atom. The summed E-state index contributed by atoms with van der Waals surface area (Å²) in [5, 5.41) is 9.52. The monoisotopic (exact) mass is 513 g/mol. The van der Waals surface area contributed by atoms with Crippen molar-refractivity contribution in [3.05, 3.63) is 139 Å². The van der Waals surface area contributed by atoms with E-state index in [2.05, 4.69) is 109 Å². The summed E-state index contributed by atoms with van der Waals surface area (Å²) < 4.78 is 0. The van der Waals surface area contributed by atoms with E-state index in [-0.39, 0.29) is 0 Å². The van der Waals surface area contributed by atoms with E-state index in [1.54, 1.807) is 0 Å². The van der Waals surface area contributed by atoms with Crippen LogP contribution in [0.4, 0.5) is 11.4 Å². The molecule has 3 heteroatoms. The van der Waals surface area contributed by atoms with Crippen LogP contribution in [0.3, 0.4) is 0 Å². The summed E-state index contributed by atoms with van der Waals surface area (Å²) >= 11 is 0. The molecule has 1 heterocycles. The van der Waals surface area contributed by atoms with Gasteiger partial charge in [0.25, 0.3) is 0 Å². The maximum absolute atomic E-state index is 5.03. The Kier molecular flexibility index (Phi) is 5.90. The van der Waals surface area contributed by atoms with Crippen molar-refractivity contribution in [3.63, 3.8) is 0 Å². The Morgan fingerprint density at radius 2 is 0.800 bits per heavy atom. The first-order valence-electron chi connectivity index (χ1n) is 13.5. The van der Waals surface area contributed by atoms with Crippen LogP contribution in [-0.2, 0) is 0 Å². The standard InChI is InChI=1S/C37H27N3/c1-24(38-36-18-7-14-30-20-26-10-3-5-12-28(26)22-32(30)36)34-16-9-17-35(40-34)25(2)39-37-19-8-15-31-21-27-11-4-6-13-29(27)23-33(31)37/h3-23H,1-2H3. The number of aliphatic imine (C=N–C) groups is 2. The minimum Gasteiger partial charge on any atom is -0.251 e. The highest BCUT2D eigenvalue weighted by molar-refractivity contribution is 6.08. The second-order valence-electron chi connectivity index (χ2n) is 10.2. The molecular weight excluding hydrogens is 486 g/mol. The normalized spacial score (nSPS) is 12.6. The minimum atomic E-state index is 0.841. The van der Waals surface area contributed by atoms with Crippen LogP contribution in [0.5, 0.6) is 0 Å². The first kappa shape index (κ1) is 23.9. The van der Waals surface area contributed by atoms with Gasteiger partial charge in [0.05, 0.1) is 34.2 Å². The molecule has 6 aromatic carbocycles. The van der Waals surface area contributed by atoms with Gasteiger partial charge < -0.3 is 0 Å². The molecule has 7 rings (SSSR count). The smallest absolute Gasteiger partial charge is 0.0849 e. The molecule has 0 aliphatic carbocycles. The molecule has 0 bridgehead atoms. The molecule has 0 saturated carbocycles. The summed E-state index contributed by atoms with van der Waals surface area (Å²) in [5.74, 6) is 0. The molecule has 7 aromatic rings. The number of fused-ring (bicyclic) bond motifs is 4. The fourth-order valence-electron chi connectivity index (χ4n) is 5.41. The van der Waals surface area contributed by atoms with Crippen molar-refractivity contribution >= 4 is 65.9 Å². The van der Waals surface area contributed by atoms with Gasteiger partial charge in [0.15, 0.2) is 0 Å². The zero-order chi connectivity index (χ0) is 27.1.